The Morgan fingerprint density at radius 3 is 2.50 bits per heavy atom. The first-order valence-electron chi connectivity index (χ1n) is 2.79. The highest BCUT2D eigenvalue weighted by Gasteiger charge is 2.02. The van der Waals surface area contributed by atoms with Crippen molar-refractivity contribution in [3.05, 3.63) is 0 Å². The van der Waals surface area contributed by atoms with Gasteiger partial charge in [-0.25, -0.2) is 0 Å². The van der Waals surface area contributed by atoms with Crippen LogP contribution in [0.15, 0.2) is 0 Å². The lowest BCUT2D eigenvalue weighted by atomic mass is 10.5. The Balaban J connectivity index is 3.21. The van der Waals surface area contributed by atoms with Gasteiger partial charge in [0, 0.05) is 6.61 Å². The summed E-state index contributed by atoms with van der Waals surface area (Å²) in [5.41, 5.74) is 4.94. The molecule has 0 unspecified atom stereocenters. The molecule has 0 aromatic rings. The maximum absolute atomic E-state index is 10.1. The molecule has 0 rings (SSSR count). The third kappa shape index (κ3) is 7.83. The summed E-state index contributed by atoms with van der Waals surface area (Å²) in [6, 6.07) is 0. The largest absolute Gasteiger partial charge is 0.366 e. The van der Waals surface area contributed by atoms with Crippen LogP contribution < -0.4 is 5.73 Å². The van der Waals surface area contributed by atoms with Crippen LogP contribution in [0.4, 0.5) is 0 Å². The first kappa shape index (κ1) is 9.83. The Morgan fingerprint density at radius 1 is 1.50 bits per heavy atom. The summed E-state index contributed by atoms with van der Waals surface area (Å²) < 4.78 is 33.0. The fourth-order valence-corrected chi connectivity index (χ4v) is 0.909. The van der Waals surface area contributed by atoms with Gasteiger partial charge in [0.2, 0.25) is 0 Å². The molecule has 0 aromatic heterocycles. The third-order valence-corrected chi connectivity index (χ3v) is 1.61. The Hall–Kier alpha value is -0.170. The van der Waals surface area contributed by atoms with E-state index in [1.807, 2.05) is 0 Å². The molecule has 0 aliphatic rings. The van der Waals surface area contributed by atoms with E-state index >= 15 is 0 Å². The predicted molar refractivity (Wildman–Crippen MR) is 36.0 cm³/mol. The van der Waals surface area contributed by atoms with E-state index in [1.54, 1.807) is 0 Å². The average molecular weight is 169 g/mol. The van der Waals surface area contributed by atoms with Crippen LogP contribution >= 0.6 is 0 Å². The molecule has 0 saturated heterocycles. The molecule has 0 bridgehead atoms. The smallest absolute Gasteiger partial charge is 0.264 e. The molecule has 62 valence electrons. The van der Waals surface area contributed by atoms with Crippen molar-refractivity contribution in [2.45, 2.75) is 6.42 Å². The Kier molecular flexibility index (Phi) is 4.54. The van der Waals surface area contributed by atoms with Crippen molar-refractivity contribution < 1.29 is 17.7 Å². The number of hydrogen-bond donors (Lipinski definition) is 2. The number of nitrogens with two attached hydrogens (primary N) is 1. The summed E-state index contributed by atoms with van der Waals surface area (Å²) in [6.07, 6.45) is 0.274. The topological polar surface area (TPSA) is 89.6 Å². The van der Waals surface area contributed by atoms with Gasteiger partial charge in [-0.05, 0) is 6.42 Å². The van der Waals surface area contributed by atoms with Gasteiger partial charge >= 0.3 is 0 Å². The molecule has 3 N–H and O–H groups in total. The molecular weight excluding hydrogens is 158 g/mol. The summed E-state index contributed by atoms with van der Waals surface area (Å²) >= 11 is 0. The first-order valence-corrected chi connectivity index (χ1v) is 4.40. The molecule has 5 nitrogen and oxygen atoms in total. The van der Waals surface area contributed by atoms with Gasteiger partial charge in [-0.15, -0.1) is 0 Å². The van der Waals surface area contributed by atoms with E-state index in [-0.39, 0.29) is 25.5 Å². The van der Waals surface area contributed by atoms with Gasteiger partial charge in [-0.1, -0.05) is 0 Å². The monoisotopic (exact) mass is 169 g/mol. The van der Waals surface area contributed by atoms with E-state index in [1.165, 1.54) is 0 Å². The highest BCUT2D eigenvalue weighted by atomic mass is 32.2. The Bertz CT molecular complexity index is 164. The minimum absolute atomic E-state index is 0.0749. The third-order valence-electron chi connectivity index (χ3n) is 0.809. The van der Waals surface area contributed by atoms with Gasteiger partial charge in [-0.2, -0.15) is 8.42 Å². The van der Waals surface area contributed by atoms with Gasteiger partial charge in [-0.3, -0.25) is 4.55 Å². The lowest BCUT2D eigenvalue weighted by Crippen LogP contribution is -2.10. The Morgan fingerprint density at radius 2 is 2.10 bits per heavy atom. The van der Waals surface area contributed by atoms with Crippen molar-refractivity contribution in [2.24, 2.45) is 5.73 Å². The van der Waals surface area contributed by atoms with E-state index in [0.717, 1.165) is 0 Å². The Labute approximate surface area is 59.9 Å². The molecule has 0 aliphatic carbocycles. The van der Waals surface area contributed by atoms with Crippen LogP contribution in [-0.4, -0.2) is 32.1 Å². The maximum Gasteiger partial charge on any atom is 0.264 e. The molecule has 0 heterocycles. The molecule has 0 aliphatic heterocycles. The molecule has 0 saturated carbocycles. The summed E-state index contributed by atoms with van der Waals surface area (Å²) in [6.45, 7) is 0.335. The zero-order chi connectivity index (χ0) is 8.04. The number of rotatable bonds is 5. The molecule has 6 heteroatoms. The standard InChI is InChI=1S/C4H11NO4S/c5-4-9-2-1-3-10(6,7)8/h1-5H2,(H,6,7,8). The van der Waals surface area contributed by atoms with Crippen molar-refractivity contribution in [3.63, 3.8) is 0 Å². The summed E-state index contributed by atoms with van der Waals surface area (Å²) in [5.74, 6) is -0.271. The summed E-state index contributed by atoms with van der Waals surface area (Å²) in [5, 5.41) is 0. The zero-order valence-corrected chi connectivity index (χ0v) is 6.30. The molecule has 10 heavy (non-hydrogen) atoms. The quantitative estimate of drug-likeness (QED) is 0.319. The molecule has 0 radical (unpaired) electrons. The van der Waals surface area contributed by atoms with Crippen molar-refractivity contribution in [1.82, 2.24) is 0 Å². The van der Waals surface area contributed by atoms with Gasteiger partial charge < -0.3 is 10.5 Å². The maximum atomic E-state index is 10.1. The lowest BCUT2D eigenvalue weighted by Gasteiger charge is -1.97. The summed E-state index contributed by atoms with van der Waals surface area (Å²) in [4.78, 5) is 0. The molecule has 0 spiro atoms. The average Bonchev–Trinajstić information content (AvgIpc) is 1.78. The van der Waals surface area contributed by atoms with Crippen LogP contribution in [0.1, 0.15) is 6.42 Å². The molecular formula is C4H11NO4S. The van der Waals surface area contributed by atoms with Gasteiger partial charge in [0.1, 0.15) is 0 Å². The number of hydrogen-bond acceptors (Lipinski definition) is 4. The molecule has 0 aromatic carbocycles. The first-order chi connectivity index (χ1) is 4.56. The van der Waals surface area contributed by atoms with Crippen LogP contribution in [0, 0.1) is 0 Å². The fourth-order valence-electron chi connectivity index (χ4n) is 0.427. The normalized spacial score (nSPS) is 11.8. The van der Waals surface area contributed by atoms with Crippen LogP contribution in [0.5, 0.6) is 0 Å². The van der Waals surface area contributed by atoms with Crippen LogP contribution in [0.2, 0.25) is 0 Å². The van der Waals surface area contributed by atoms with E-state index < -0.39 is 10.1 Å². The van der Waals surface area contributed by atoms with Crippen molar-refractivity contribution in [1.29, 1.82) is 0 Å². The second-order valence-corrected chi connectivity index (χ2v) is 3.29. The van der Waals surface area contributed by atoms with E-state index in [9.17, 15) is 8.42 Å². The van der Waals surface area contributed by atoms with Crippen LogP contribution in [-0.2, 0) is 14.9 Å². The predicted octanol–water partition coefficient (Wildman–Crippen LogP) is -0.803. The highest BCUT2D eigenvalue weighted by molar-refractivity contribution is 7.85. The second-order valence-electron chi connectivity index (χ2n) is 1.71. The SMILES string of the molecule is NCOCCCS(=O)(=O)O. The van der Waals surface area contributed by atoms with Crippen molar-refractivity contribution in [2.75, 3.05) is 19.1 Å². The van der Waals surface area contributed by atoms with Gasteiger partial charge in [0.25, 0.3) is 10.1 Å². The number of ether oxygens (including phenoxy) is 1. The van der Waals surface area contributed by atoms with E-state index in [2.05, 4.69) is 4.74 Å². The van der Waals surface area contributed by atoms with Crippen LogP contribution in [0.3, 0.4) is 0 Å². The van der Waals surface area contributed by atoms with Gasteiger partial charge in [0.15, 0.2) is 0 Å². The van der Waals surface area contributed by atoms with E-state index in [4.69, 9.17) is 10.3 Å². The minimum atomic E-state index is -3.83. The van der Waals surface area contributed by atoms with Crippen molar-refractivity contribution >= 4 is 10.1 Å². The second kappa shape index (κ2) is 4.62. The molecule has 0 atom stereocenters. The fraction of sp³-hybridized carbons (Fsp3) is 1.00. The van der Waals surface area contributed by atoms with Gasteiger partial charge in [0.05, 0.1) is 12.5 Å². The lowest BCUT2D eigenvalue weighted by molar-refractivity contribution is 0.142. The molecule has 0 amide bonds. The molecule has 0 fully saturated rings. The summed E-state index contributed by atoms with van der Waals surface area (Å²) in [7, 11) is -3.83. The zero-order valence-electron chi connectivity index (χ0n) is 5.49. The van der Waals surface area contributed by atoms with Crippen LogP contribution in [0.25, 0.3) is 0 Å². The minimum Gasteiger partial charge on any atom is -0.366 e. The highest BCUT2D eigenvalue weighted by Crippen LogP contribution is 1.87. The van der Waals surface area contributed by atoms with Crippen molar-refractivity contribution in [3.8, 4) is 0 Å². The van der Waals surface area contributed by atoms with E-state index in [0.29, 0.717) is 0 Å².